The number of rotatable bonds is 2. The summed E-state index contributed by atoms with van der Waals surface area (Å²) in [5.74, 6) is 0.0772. The van der Waals surface area contributed by atoms with Gasteiger partial charge in [-0.05, 0) is 18.9 Å². The molecule has 2 aliphatic rings. The smallest absolute Gasteiger partial charge is 0.248 e. The summed E-state index contributed by atoms with van der Waals surface area (Å²) in [6.45, 7) is 0.765. The summed E-state index contributed by atoms with van der Waals surface area (Å²) in [6.07, 6.45) is 3.32. The predicted octanol–water partition coefficient (Wildman–Crippen LogP) is 2.21. The van der Waals surface area contributed by atoms with Crippen molar-refractivity contribution >= 4 is 17.4 Å². The molecule has 0 aliphatic carbocycles. The van der Waals surface area contributed by atoms with Gasteiger partial charge in [-0.15, -0.1) is 5.10 Å². The molecule has 1 unspecified atom stereocenters. The van der Waals surface area contributed by atoms with Gasteiger partial charge >= 0.3 is 0 Å². The highest BCUT2D eigenvalue weighted by Gasteiger charge is 2.39. The highest BCUT2D eigenvalue weighted by molar-refractivity contribution is 6.06. The monoisotopic (exact) mass is 314 g/mol. The third-order valence-corrected chi connectivity index (χ3v) is 4.37. The summed E-state index contributed by atoms with van der Waals surface area (Å²) in [7, 11) is 1.43. The lowest BCUT2D eigenvalue weighted by Gasteiger charge is -2.33. The molecule has 1 aromatic heterocycles. The third kappa shape index (κ3) is 2.03. The minimum absolute atomic E-state index is 0.0624. The summed E-state index contributed by atoms with van der Waals surface area (Å²) in [5, 5.41) is 10.8. The Morgan fingerprint density at radius 1 is 1.39 bits per heavy atom. The van der Waals surface area contributed by atoms with E-state index in [2.05, 4.69) is 15.5 Å². The third-order valence-electron chi connectivity index (χ3n) is 4.37. The zero-order chi connectivity index (χ0) is 16.0. The average molecular weight is 314 g/mol. The number of ether oxygens (including phenoxy) is 1. The quantitative estimate of drug-likeness (QED) is 0.920. The van der Waals surface area contributed by atoms with Crippen molar-refractivity contribution in [1.29, 1.82) is 0 Å². The van der Waals surface area contributed by atoms with Gasteiger partial charge in [0, 0.05) is 17.7 Å². The second-order valence-electron chi connectivity index (χ2n) is 5.62. The molecule has 1 N–H and O–H groups in total. The number of methoxy groups -OCH3 is 1. The molecule has 0 saturated carbocycles. The van der Waals surface area contributed by atoms with E-state index in [1.165, 1.54) is 13.2 Å². The van der Waals surface area contributed by atoms with E-state index in [9.17, 15) is 9.18 Å². The van der Waals surface area contributed by atoms with Crippen LogP contribution in [-0.4, -0.2) is 35.8 Å². The lowest BCUT2D eigenvalue weighted by molar-refractivity contribution is -0.117. The van der Waals surface area contributed by atoms with Crippen LogP contribution < -0.4 is 15.0 Å². The Morgan fingerprint density at radius 3 is 3.09 bits per heavy atom. The predicted molar refractivity (Wildman–Crippen MR) is 83.0 cm³/mol. The van der Waals surface area contributed by atoms with E-state index in [1.54, 1.807) is 18.3 Å². The van der Waals surface area contributed by atoms with Gasteiger partial charge in [0.15, 0.2) is 17.4 Å². The van der Waals surface area contributed by atoms with Gasteiger partial charge in [-0.3, -0.25) is 4.79 Å². The van der Waals surface area contributed by atoms with E-state index in [0.717, 1.165) is 25.1 Å². The first-order valence-electron chi connectivity index (χ1n) is 7.46. The fourth-order valence-corrected chi connectivity index (χ4v) is 3.39. The number of fused-ring (bicyclic) bond motifs is 3. The Bertz CT molecular complexity index is 796. The van der Waals surface area contributed by atoms with Gasteiger partial charge in [-0.2, -0.15) is 5.10 Å². The fourth-order valence-electron chi connectivity index (χ4n) is 3.39. The van der Waals surface area contributed by atoms with Gasteiger partial charge in [0.25, 0.3) is 0 Å². The lowest BCUT2D eigenvalue weighted by Crippen LogP contribution is -2.44. The van der Waals surface area contributed by atoms with Crippen LogP contribution in [0.3, 0.4) is 0 Å². The zero-order valence-electron chi connectivity index (χ0n) is 12.5. The van der Waals surface area contributed by atoms with E-state index in [4.69, 9.17) is 4.74 Å². The normalized spacial score (nSPS) is 19.1. The number of hydrogen-bond donors (Lipinski definition) is 1. The molecule has 1 atom stereocenters. The molecule has 23 heavy (non-hydrogen) atoms. The summed E-state index contributed by atoms with van der Waals surface area (Å²) in [5.41, 5.74) is 2.09. The van der Waals surface area contributed by atoms with Crippen molar-refractivity contribution in [3.05, 3.63) is 30.2 Å². The van der Waals surface area contributed by atoms with Crippen LogP contribution in [0, 0.1) is 5.82 Å². The van der Waals surface area contributed by atoms with Crippen LogP contribution >= 0.6 is 0 Å². The minimum Gasteiger partial charge on any atom is -0.493 e. The van der Waals surface area contributed by atoms with Crippen molar-refractivity contribution in [3.8, 4) is 16.9 Å². The lowest BCUT2D eigenvalue weighted by atomic mass is 10.0. The molecule has 7 heteroatoms. The summed E-state index contributed by atoms with van der Waals surface area (Å²) in [4.78, 5) is 14.2. The largest absolute Gasteiger partial charge is 0.493 e. The molecule has 0 radical (unpaired) electrons. The molecule has 4 rings (SSSR count). The Morgan fingerprint density at radius 2 is 2.26 bits per heavy atom. The summed E-state index contributed by atoms with van der Waals surface area (Å²) >= 11 is 0. The zero-order valence-corrected chi connectivity index (χ0v) is 12.5. The number of hydrogen-bond acceptors (Lipinski definition) is 5. The van der Waals surface area contributed by atoms with Gasteiger partial charge in [-0.1, -0.05) is 12.1 Å². The number of anilines is 2. The topological polar surface area (TPSA) is 67.4 Å². The minimum atomic E-state index is -0.437. The number of nitrogens with zero attached hydrogens (tertiary/aromatic N) is 3. The van der Waals surface area contributed by atoms with E-state index in [1.807, 2.05) is 4.90 Å². The Balaban J connectivity index is 1.94. The molecule has 3 heterocycles. The van der Waals surface area contributed by atoms with Crippen LogP contribution in [0.5, 0.6) is 5.75 Å². The number of halogens is 1. The molecular formula is C16H15FN4O2. The molecule has 1 fully saturated rings. The number of aromatic nitrogens is 2. The number of carbonyl (C=O) groups excluding carboxylic acids is 1. The van der Waals surface area contributed by atoms with E-state index in [-0.39, 0.29) is 17.7 Å². The second kappa shape index (κ2) is 5.19. The van der Waals surface area contributed by atoms with Crippen LogP contribution in [0.2, 0.25) is 0 Å². The summed E-state index contributed by atoms with van der Waals surface area (Å²) in [6, 6.07) is 4.55. The highest BCUT2D eigenvalue weighted by atomic mass is 19.1. The van der Waals surface area contributed by atoms with E-state index >= 15 is 0 Å². The van der Waals surface area contributed by atoms with Gasteiger partial charge in [-0.25, -0.2) is 4.39 Å². The number of carbonyl (C=O) groups is 1. The molecule has 6 nitrogen and oxygen atoms in total. The van der Waals surface area contributed by atoms with Crippen molar-refractivity contribution < 1.29 is 13.9 Å². The number of benzene rings is 1. The molecule has 118 valence electrons. The van der Waals surface area contributed by atoms with Crippen LogP contribution in [0.15, 0.2) is 24.4 Å². The Labute approximate surface area is 132 Å². The molecule has 1 amide bonds. The van der Waals surface area contributed by atoms with Crippen LogP contribution in [0.25, 0.3) is 11.1 Å². The van der Waals surface area contributed by atoms with Crippen molar-refractivity contribution in [2.75, 3.05) is 23.9 Å². The Kier molecular flexibility index (Phi) is 3.14. The number of nitrogens with one attached hydrogen (secondary N) is 1. The fraction of sp³-hybridized carbons (Fsp3) is 0.312. The number of para-hydroxylation sites is 1. The van der Waals surface area contributed by atoms with E-state index < -0.39 is 5.82 Å². The van der Waals surface area contributed by atoms with Crippen molar-refractivity contribution in [3.63, 3.8) is 0 Å². The van der Waals surface area contributed by atoms with Crippen molar-refractivity contribution in [1.82, 2.24) is 10.2 Å². The number of amides is 1. The van der Waals surface area contributed by atoms with Gasteiger partial charge < -0.3 is 15.0 Å². The maximum absolute atomic E-state index is 14.1. The maximum Gasteiger partial charge on any atom is 0.248 e. The molecule has 0 spiro atoms. The van der Waals surface area contributed by atoms with Crippen LogP contribution in [0.1, 0.15) is 12.8 Å². The Hall–Kier alpha value is -2.70. The van der Waals surface area contributed by atoms with Gasteiger partial charge in [0.2, 0.25) is 5.91 Å². The molecule has 2 aromatic rings. The SMILES string of the molecule is COc1c(F)cccc1-c1cnnc2c1N1CCCC1C(=O)N2. The standard InChI is InChI=1S/C16H15FN4O2/c1-23-14-9(4-2-5-11(14)17)10-8-18-20-15-13(10)21-7-3-6-12(21)16(22)19-15/h2,4-5,8,12H,3,6-7H2,1H3,(H,19,20,22). The molecular weight excluding hydrogens is 299 g/mol. The molecule has 2 aliphatic heterocycles. The summed E-state index contributed by atoms with van der Waals surface area (Å²) < 4.78 is 19.3. The first-order valence-corrected chi connectivity index (χ1v) is 7.46. The van der Waals surface area contributed by atoms with E-state index in [0.29, 0.717) is 16.9 Å². The highest BCUT2D eigenvalue weighted by Crippen LogP contribution is 2.44. The first kappa shape index (κ1) is 13.9. The average Bonchev–Trinajstić information content (AvgIpc) is 3.04. The second-order valence-corrected chi connectivity index (χ2v) is 5.62. The maximum atomic E-state index is 14.1. The van der Waals surface area contributed by atoms with Gasteiger partial charge in [0.1, 0.15) is 6.04 Å². The molecule has 1 aromatic carbocycles. The van der Waals surface area contributed by atoms with Crippen LogP contribution in [0.4, 0.5) is 15.9 Å². The molecule has 1 saturated heterocycles. The van der Waals surface area contributed by atoms with Crippen molar-refractivity contribution in [2.45, 2.75) is 18.9 Å². The van der Waals surface area contributed by atoms with Crippen molar-refractivity contribution in [2.24, 2.45) is 0 Å². The van der Waals surface area contributed by atoms with Gasteiger partial charge in [0.05, 0.1) is 19.0 Å². The first-order chi connectivity index (χ1) is 11.2. The molecule has 0 bridgehead atoms. The van der Waals surface area contributed by atoms with Crippen LogP contribution in [-0.2, 0) is 4.79 Å².